The van der Waals surface area contributed by atoms with E-state index in [1.807, 2.05) is 36.4 Å². The normalized spacial score (nSPS) is 10.6. The molecule has 0 fully saturated rings. The van der Waals surface area contributed by atoms with Crippen LogP contribution in [0.5, 0.6) is 0 Å². The summed E-state index contributed by atoms with van der Waals surface area (Å²) in [5.41, 5.74) is 0. The number of fused-ring (bicyclic) bond motifs is 1. The third-order valence-electron chi connectivity index (χ3n) is 3.15. The van der Waals surface area contributed by atoms with Gasteiger partial charge in [-0.3, -0.25) is 9.59 Å². The molecule has 1 amide bonds. The summed E-state index contributed by atoms with van der Waals surface area (Å²) < 4.78 is 9.77. The molecule has 2 aromatic carbocycles. The van der Waals surface area contributed by atoms with Crippen molar-refractivity contribution in [2.24, 2.45) is 0 Å². The predicted octanol–water partition coefficient (Wildman–Crippen LogP) is 2.89. The van der Waals surface area contributed by atoms with E-state index in [1.165, 1.54) is 11.8 Å². The van der Waals surface area contributed by atoms with Crippen LogP contribution >= 0.6 is 23.4 Å². The molecule has 0 bridgehead atoms. The first-order valence-electron chi connectivity index (χ1n) is 7.33. The minimum Gasteiger partial charge on any atom is -0.455 e. The first kappa shape index (κ1) is 18.6. The zero-order valence-electron chi connectivity index (χ0n) is 13.2. The Bertz CT molecular complexity index is 718. The van der Waals surface area contributed by atoms with Crippen LogP contribution in [0.3, 0.4) is 0 Å². The Kier molecular flexibility index (Phi) is 7.36. The summed E-state index contributed by atoms with van der Waals surface area (Å²) in [5.74, 6) is -0.695. The Morgan fingerprint density at radius 1 is 1.21 bits per heavy atom. The first-order valence-corrected chi connectivity index (χ1v) is 8.69. The van der Waals surface area contributed by atoms with E-state index in [9.17, 15) is 9.59 Å². The van der Waals surface area contributed by atoms with Crippen molar-refractivity contribution in [1.29, 1.82) is 0 Å². The summed E-state index contributed by atoms with van der Waals surface area (Å²) in [6.07, 6.45) is 0. The van der Waals surface area contributed by atoms with Crippen LogP contribution in [0.4, 0.5) is 0 Å². The molecule has 0 spiro atoms. The number of thioether (sulfide) groups is 1. The fourth-order valence-electron chi connectivity index (χ4n) is 2.05. The largest absolute Gasteiger partial charge is 0.455 e. The lowest BCUT2D eigenvalue weighted by Gasteiger charge is -2.08. The summed E-state index contributed by atoms with van der Waals surface area (Å²) in [5, 5.41) is 5.15. The van der Waals surface area contributed by atoms with Crippen molar-refractivity contribution in [3.05, 3.63) is 41.4 Å². The third kappa shape index (κ3) is 5.40. The number of hydrogen-bond donors (Lipinski definition) is 1. The van der Waals surface area contributed by atoms with E-state index < -0.39 is 5.97 Å². The third-order valence-corrected chi connectivity index (χ3v) is 4.50. The molecular weight excluding hydrogens is 350 g/mol. The van der Waals surface area contributed by atoms with Crippen molar-refractivity contribution in [2.45, 2.75) is 4.90 Å². The molecule has 0 radical (unpaired) electrons. The zero-order valence-corrected chi connectivity index (χ0v) is 14.8. The lowest BCUT2D eigenvalue weighted by atomic mass is 10.1. The van der Waals surface area contributed by atoms with Crippen molar-refractivity contribution in [1.82, 2.24) is 5.32 Å². The molecule has 0 atom stereocenters. The van der Waals surface area contributed by atoms with Crippen molar-refractivity contribution in [3.8, 4) is 0 Å². The van der Waals surface area contributed by atoms with Crippen LogP contribution in [0.1, 0.15) is 0 Å². The predicted molar refractivity (Wildman–Crippen MR) is 95.5 cm³/mol. The monoisotopic (exact) mass is 367 g/mol. The van der Waals surface area contributed by atoms with Crippen molar-refractivity contribution in [2.75, 3.05) is 32.6 Å². The molecule has 0 unspecified atom stereocenters. The van der Waals surface area contributed by atoms with Crippen LogP contribution in [-0.2, 0) is 19.1 Å². The van der Waals surface area contributed by atoms with Gasteiger partial charge < -0.3 is 14.8 Å². The number of rotatable bonds is 8. The van der Waals surface area contributed by atoms with E-state index in [0.29, 0.717) is 18.2 Å². The highest BCUT2D eigenvalue weighted by Gasteiger charge is 2.10. The van der Waals surface area contributed by atoms with Gasteiger partial charge in [0.15, 0.2) is 6.61 Å². The van der Waals surface area contributed by atoms with Gasteiger partial charge in [0.2, 0.25) is 0 Å². The number of carbonyl (C=O) groups is 2. The molecule has 0 aliphatic rings. The van der Waals surface area contributed by atoms with Gasteiger partial charge in [-0.05, 0) is 17.5 Å². The lowest BCUT2D eigenvalue weighted by Crippen LogP contribution is -2.31. The SMILES string of the molecule is COCCNC(=O)COC(=O)CSc1cccc2cccc(Cl)c12. The lowest BCUT2D eigenvalue weighted by molar-refractivity contribution is -0.145. The van der Waals surface area contributed by atoms with Gasteiger partial charge in [0.1, 0.15) is 0 Å². The Labute approximate surface area is 149 Å². The van der Waals surface area contributed by atoms with Crippen molar-refractivity contribution < 1.29 is 19.1 Å². The second-order valence-corrected chi connectivity index (χ2v) is 6.31. The average Bonchev–Trinajstić information content (AvgIpc) is 2.58. The summed E-state index contributed by atoms with van der Waals surface area (Å²) in [6, 6.07) is 11.5. The van der Waals surface area contributed by atoms with Crippen LogP contribution < -0.4 is 5.32 Å². The Balaban J connectivity index is 1.85. The highest BCUT2D eigenvalue weighted by molar-refractivity contribution is 8.00. The molecule has 0 saturated heterocycles. The van der Waals surface area contributed by atoms with Crippen molar-refractivity contribution >= 4 is 46.0 Å². The average molecular weight is 368 g/mol. The molecule has 0 aliphatic heterocycles. The van der Waals surface area contributed by atoms with Gasteiger partial charge >= 0.3 is 5.97 Å². The Hall–Kier alpha value is -1.76. The highest BCUT2D eigenvalue weighted by atomic mass is 35.5. The van der Waals surface area contributed by atoms with Gasteiger partial charge in [0.05, 0.1) is 12.4 Å². The Morgan fingerprint density at radius 2 is 1.96 bits per heavy atom. The summed E-state index contributed by atoms with van der Waals surface area (Å²) >= 11 is 7.58. The molecule has 0 aliphatic carbocycles. The van der Waals surface area contributed by atoms with E-state index in [1.54, 1.807) is 7.11 Å². The van der Waals surface area contributed by atoms with E-state index in [4.69, 9.17) is 21.1 Å². The maximum atomic E-state index is 11.8. The van der Waals surface area contributed by atoms with Crippen LogP contribution in [-0.4, -0.2) is 44.5 Å². The molecule has 7 heteroatoms. The van der Waals surface area contributed by atoms with Gasteiger partial charge in [-0.1, -0.05) is 35.9 Å². The van der Waals surface area contributed by atoms with E-state index in [-0.39, 0.29) is 18.3 Å². The number of ether oxygens (including phenoxy) is 2. The minimum atomic E-state index is -0.453. The standard InChI is InChI=1S/C17H18ClNO4S/c1-22-9-8-19-15(20)10-23-16(21)11-24-14-7-3-5-12-4-2-6-13(18)17(12)14/h2-7H,8-11H2,1H3,(H,19,20). The molecule has 24 heavy (non-hydrogen) atoms. The molecule has 2 aromatic rings. The van der Waals surface area contributed by atoms with Gasteiger partial charge in [-0.25, -0.2) is 0 Å². The first-order chi connectivity index (χ1) is 11.6. The van der Waals surface area contributed by atoms with Crippen LogP contribution in [0.15, 0.2) is 41.3 Å². The Morgan fingerprint density at radius 3 is 2.71 bits per heavy atom. The smallest absolute Gasteiger partial charge is 0.316 e. The van der Waals surface area contributed by atoms with Crippen LogP contribution in [0.2, 0.25) is 5.02 Å². The van der Waals surface area contributed by atoms with Gasteiger partial charge in [0.25, 0.3) is 5.91 Å². The molecule has 0 heterocycles. The minimum absolute atomic E-state index is 0.107. The number of benzene rings is 2. The summed E-state index contributed by atoms with van der Waals surface area (Å²) in [7, 11) is 1.54. The summed E-state index contributed by atoms with van der Waals surface area (Å²) in [4.78, 5) is 24.1. The molecule has 0 aromatic heterocycles. The summed E-state index contributed by atoms with van der Waals surface area (Å²) in [6.45, 7) is 0.507. The molecule has 0 saturated carbocycles. The quantitative estimate of drug-likeness (QED) is 0.441. The molecule has 5 nitrogen and oxygen atoms in total. The van der Waals surface area contributed by atoms with E-state index in [2.05, 4.69) is 5.32 Å². The van der Waals surface area contributed by atoms with Crippen LogP contribution in [0.25, 0.3) is 10.8 Å². The topological polar surface area (TPSA) is 64.6 Å². The van der Waals surface area contributed by atoms with Crippen molar-refractivity contribution in [3.63, 3.8) is 0 Å². The molecule has 1 N–H and O–H groups in total. The number of methoxy groups -OCH3 is 1. The molecule has 128 valence electrons. The fourth-order valence-corrected chi connectivity index (χ4v) is 3.29. The number of halogens is 1. The number of amides is 1. The maximum absolute atomic E-state index is 11.8. The van der Waals surface area contributed by atoms with Crippen LogP contribution in [0, 0.1) is 0 Å². The van der Waals surface area contributed by atoms with Gasteiger partial charge in [-0.15, -0.1) is 11.8 Å². The molecule has 2 rings (SSSR count). The highest BCUT2D eigenvalue weighted by Crippen LogP contribution is 2.33. The second-order valence-electron chi connectivity index (χ2n) is 4.89. The maximum Gasteiger partial charge on any atom is 0.316 e. The van der Waals surface area contributed by atoms with Gasteiger partial charge in [-0.2, -0.15) is 0 Å². The second kappa shape index (κ2) is 9.52. The zero-order chi connectivity index (χ0) is 17.4. The number of carbonyl (C=O) groups excluding carboxylic acids is 2. The molecular formula is C17H18ClNO4S. The number of hydrogen-bond acceptors (Lipinski definition) is 5. The van der Waals surface area contributed by atoms with E-state index in [0.717, 1.165) is 15.7 Å². The van der Waals surface area contributed by atoms with Gasteiger partial charge in [0, 0.05) is 29.0 Å². The fraction of sp³-hybridized carbons (Fsp3) is 0.294. The number of nitrogens with one attached hydrogen (secondary N) is 1. The number of esters is 1. The van der Waals surface area contributed by atoms with E-state index >= 15 is 0 Å².